The Hall–Kier alpha value is 1.02. The average molecular weight is 207 g/mol. The molecule has 1 radical (unpaired) electrons. The first-order valence-corrected chi connectivity index (χ1v) is 4.17. The molecule has 5 nitrogen and oxygen atoms in total. The second kappa shape index (κ2) is 6.52. The van der Waals surface area contributed by atoms with E-state index >= 15 is 0 Å². The topological polar surface area (TPSA) is 80.7 Å². The van der Waals surface area contributed by atoms with Crippen molar-refractivity contribution in [2.24, 2.45) is 0 Å². The molecule has 0 saturated carbocycles. The Balaban J connectivity index is 0. The van der Waals surface area contributed by atoms with E-state index in [2.05, 4.69) is 4.74 Å². The summed E-state index contributed by atoms with van der Waals surface area (Å²) in [5.74, 6) is -1.91. The van der Waals surface area contributed by atoms with E-state index in [1.54, 1.807) is 6.92 Å². The molecule has 0 saturated heterocycles. The second-order valence-corrected chi connectivity index (χ2v) is 2.98. The third kappa shape index (κ3) is 11.0. The summed E-state index contributed by atoms with van der Waals surface area (Å²) in [6, 6.07) is 0. The summed E-state index contributed by atoms with van der Waals surface area (Å²) in [6.07, 6.45) is 0. The van der Waals surface area contributed by atoms with Crippen molar-refractivity contribution in [2.75, 3.05) is 12.4 Å². The molecular weight excluding hydrogens is 199 g/mol. The van der Waals surface area contributed by atoms with Gasteiger partial charge in [0.25, 0.3) is 10.1 Å². The Morgan fingerprint density at radius 1 is 1.55 bits per heavy atom. The van der Waals surface area contributed by atoms with Crippen LogP contribution in [-0.2, 0) is 19.6 Å². The molecule has 7 heteroatoms. The minimum absolute atomic E-state index is 0. The fourth-order valence-corrected chi connectivity index (χ4v) is 0.733. The molecule has 0 heterocycles. The van der Waals surface area contributed by atoms with Gasteiger partial charge in [-0.2, -0.15) is 8.42 Å². The van der Waals surface area contributed by atoms with Crippen molar-refractivity contribution < 1.29 is 22.5 Å². The molecule has 61 valence electrons. The second-order valence-electron chi connectivity index (χ2n) is 1.53. The first-order valence-electron chi connectivity index (χ1n) is 2.56. The number of esters is 1. The molecule has 0 aromatic carbocycles. The van der Waals surface area contributed by atoms with Crippen molar-refractivity contribution in [2.45, 2.75) is 6.92 Å². The largest absolute Gasteiger partial charge is 0.465 e. The fourth-order valence-electron chi connectivity index (χ4n) is 0.352. The Bertz CT molecular complexity index is 209. The number of ether oxygens (including phenoxy) is 1. The van der Waals surface area contributed by atoms with Crippen LogP contribution in [0, 0.1) is 0 Å². The van der Waals surface area contributed by atoms with Crippen LogP contribution in [-0.4, -0.2) is 82.7 Å². The predicted octanol–water partition coefficient (Wildman–Crippen LogP) is -0.944. The van der Waals surface area contributed by atoms with E-state index in [9.17, 15) is 13.2 Å². The molecule has 0 rings (SSSR count). The third-order valence-electron chi connectivity index (χ3n) is 0.606. The molecular formula is C4H8KO5S. The molecule has 11 heavy (non-hydrogen) atoms. The Labute approximate surface area is 108 Å². The molecule has 0 aliphatic rings. The van der Waals surface area contributed by atoms with Gasteiger partial charge in [-0.15, -0.1) is 0 Å². The SMILES string of the molecule is CCOC(=O)CS(=O)(=O)O.[K]. The fraction of sp³-hybridized carbons (Fsp3) is 0.750. The number of hydrogen-bond donors (Lipinski definition) is 1. The van der Waals surface area contributed by atoms with E-state index in [0.29, 0.717) is 0 Å². The monoisotopic (exact) mass is 207 g/mol. The normalized spacial score (nSPS) is 10.0. The summed E-state index contributed by atoms with van der Waals surface area (Å²) in [7, 11) is -4.22. The number of carbonyl (C=O) groups is 1. The molecule has 0 unspecified atom stereocenters. The molecule has 0 bridgehead atoms. The zero-order valence-electron chi connectivity index (χ0n) is 6.40. The van der Waals surface area contributed by atoms with Crippen LogP contribution in [0.5, 0.6) is 0 Å². The van der Waals surface area contributed by atoms with Crippen LogP contribution in [0.4, 0.5) is 0 Å². The van der Waals surface area contributed by atoms with Gasteiger partial charge >= 0.3 is 5.97 Å². The molecule has 0 aromatic rings. The number of carbonyl (C=O) groups excluding carboxylic acids is 1. The van der Waals surface area contributed by atoms with Gasteiger partial charge in [0.15, 0.2) is 5.75 Å². The minimum Gasteiger partial charge on any atom is -0.465 e. The first kappa shape index (κ1) is 14.5. The molecule has 0 aromatic heterocycles. The Morgan fingerprint density at radius 2 is 2.00 bits per heavy atom. The molecule has 0 atom stereocenters. The maximum atomic E-state index is 10.3. The minimum atomic E-state index is -4.22. The van der Waals surface area contributed by atoms with E-state index < -0.39 is 21.8 Å². The third-order valence-corrected chi connectivity index (χ3v) is 1.21. The maximum absolute atomic E-state index is 10.3. The summed E-state index contributed by atoms with van der Waals surface area (Å²) in [4.78, 5) is 10.3. The van der Waals surface area contributed by atoms with E-state index in [0.717, 1.165) is 0 Å². The van der Waals surface area contributed by atoms with Gasteiger partial charge < -0.3 is 4.74 Å². The van der Waals surface area contributed by atoms with Crippen molar-refractivity contribution >= 4 is 67.5 Å². The summed E-state index contributed by atoms with van der Waals surface area (Å²) < 4.78 is 32.3. The zero-order chi connectivity index (χ0) is 8.20. The Kier molecular flexibility index (Phi) is 8.62. The van der Waals surface area contributed by atoms with Crippen molar-refractivity contribution in [1.29, 1.82) is 0 Å². The quantitative estimate of drug-likeness (QED) is 0.367. The number of hydrogen-bond acceptors (Lipinski definition) is 4. The molecule has 0 amide bonds. The average Bonchev–Trinajstić information content (AvgIpc) is 1.59. The van der Waals surface area contributed by atoms with E-state index in [1.165, 1.54) is 0 Å². The van der Waals surface area contributed by atoms with Crippen LogP contribution in [0.15, 0.2) is 0 Å². The van der Waals surface area contributed by atoms with Gasteiger partial charge in [0.1, 0.15) is 0 Å². The van der Waals surface area contributed by atoms with Gasteiger partial charge in [0.05, 0.1) is 6.61 Å². The van der Waals surface area contributed by atoms with Gasteiger partial charge in [-0.25, -0.2) is 0 Å². The van der Waals surface area contributed by atoms with Crippen molar-refractivity contribution in [1.82, 2.24) is 0 Å². The van der Waals surface area contributed by atoms with E-state index in [-0.39, 0.29) is 58.0 Å². The van der Waals surface area contributed by atoms with Gasteiger partial charge in [0, 0.05) is 51.4 Å². The van der Waals surface area contributed by atoms with Gasteiger partial charge in [-0.05, 0) is 6.92 Å². The summed E-state index contributed by atoms with van der Waals surface area (Å²) in [5, 5.41) is 0. The predicted molar refractivity (Wildman–Crippen MR) is 38.8 cm³/mol. The summed E-state index contributed by atoms with van der Waals surface area (Å²) >= 11 is 0. The molecule has 0 aliphatic carbocycles. The molecule has 0 fully saturated rings. The van der Waals surface area contributed by atoms with Crippen molar-refractivity contribution in [3.63, 3.8) is 0 Å². The first-order chi connectivity index (χ1) is 4.45. The van der Waals surface area contributed by atoms with Gasteiger partial charge in [-0.1, -0.05) is 0 Å². The van der Waals surface area contributed by atoms with Gasteiger partial charge in [-0.3, -0.25) is 9.35 Å². The smallest absolute Gasteiger partial charge is 0.323 e. The molecule has 0 aliphatic heterocycles. The molecule has 0 spiro atoms. The standard InChI is InChI=1S/C4H8O5S.K/c1-2-9-4(5)3-10(6,7)8;/h2-3H2,1H3,(H,6,7,8);. The van der Waals surface area contributed by atoms with Crippen LogP contribution in [0.25, 0.3) is 0 Å². The van der Waals surface area contributed by atoms with Crippen molar-refractivity contribution in [3.8, 4) is 0 Å². The summed E-state index contributed by atoms with van der Waals surface area (Å²) in [5.41, 5.74) is 0. The van der Waals surface area contributed by atoms with E-state index in [4.69, 9.17) is 4.55 Å². The van der Waals surface area contributed by atoms with Gasteiger partial charge in [0.2, 0.25) is 0 Å². The Morgan fingerprint density at radius 3 is 2.27 bits per heavy atom. The van der Waals surface area contributed by atoms with E-state index in [1.807, 2.05) is 0 Å². The van der Waals surface area contributed by atoms with Crippen LogP contribution in [0.2, 0.25) is 0 Å². The van der Waals surface area contributed by atoms with Crippen LogP contribution in [0.3, 0.4) is 0 Å². The molecule has 1 N–H and O–H groups in total. The summed E-state index contributed by atoms with van der Waals surface area (Å²) in [6.45, 7) is 1.65. The number of rotatable bonds is 3. The van der Waals surface area contributed by atoms with Crippen LogP contribution in [0.1, 0.15) is 6.92 Å². The zero-order valence-corrected chi connectivity index (χ0v) is 10.3. The van der Waals surface area contributed by atoms with Crippen molar-refractivity contribution in [3.05, 3.63) is 0 Å². The maximum Gasteiger partial charge on any atom is 0.323 e. The van der Waals surface area contributed by atoms with Crippen LogP contribution >= 0.6 is 0 Å². The van der Waals surface area contributed by atoms with Crippen LogP contribution < -0.4 is 0 Å².